The highest BCUT2D eigenvalue weighted by Gasteiger charge is 2.28. The molecule has 0 unspecified atom stereocenters. The van der Waals surface area contributed by atoms with Crippen molar-refractivity contribution < 1.29 is 9.13 Å². The summed E-state index contributed by atoms with van der Waals surface area (Å²) in [4.78, 5) is 19.5. The summed E-state index contributed by atoms with van der Waals surface area (Å²) in [6.07, 6.45) is 6.28. The third-order valence-electron chi connectivity index (χ3n) is 5.09. The highest BCUT2D eigenvalue weighted by Crippen LogP contribution is 2.38. The number of rotatable bonds is 5. The van der Waals surface area contributed by atoms with Crippen LogP contribution in [0.15, 0.2) is 12.3 Å². The average Bonchev–Trinajstić information content (AvgIpc) is 3.49. The lowest BCUT2D eigenvalue weighted by molar-refractivity contribution is 0.206. The molecule has 0 amide bonds. The molecule has 2 fully saturated rings. The second-order valence-corrected chi connectivity index (χ2v) is 7.26. The quantitative estimate of drug-likeness (QED) is 0.819. The lowest BCUT2D eigenvalue weighted by Crippen LogP contribution is -2.36. The molecule has 1 aliphatic heterocycles. The zero-order valence-corrected chi connectivity index (χ0v) is 15.3. The number of halogens is 1. The Bertz CT molecular complexity index is 787. The molecule has 0 N–H and O–H groups in total. The monoisotopic (exact) mass is 357 g/mol. The van der Waals surface area contributed by atoms with Crippen LogP contribution in [0.1, 0.15) is 48.9 Å². The third-order valence-corrected chi connectivity index (χ3v) is 5.09. The first kappa shape index (κ1) is 17.1. The fourth-order valence-electron chi connectivity index (χ4n) is 3.37. The zero-order valence-electron chi connectivity index (χ0n) is 15.3. The molecule has 1 saturated carbocycles. The van der Waals surface area contributed by atoms with Crippen LogP contribution in [-0.4, -0.2) is 39.6 Å². The molecule has 7 heteroatoms. The number of ether oxygens (including phenoxy) is 1. The number of aryl methyl sites for hydroxylation is 2. The Morgan fingerprint density at radius 2 is 1.88 bits per heavy atom. The van der Waals surface area contributed by atoms with Crippen LogP contribution in [0.5, 0.6) is 5.88 Å². The lowest BCUT2D eigenvalue weighted by Gasteiger charge is -2.32. The van der Waals surface area contributed by atoms with Gasteiger partial charge in [-0.15, -0.1) is 0 Å². The maximum atomic E-state index is 14.1. The van der Waals surface area contributed by atoms with Gasteiger partial charge in [-0.3, -0.25) is 0 Å². The summed E-state index contributed by atoms with van der Waals surface area (Å²) in [5.74, 6) is 3.11. The van der Waals surface area contributed by atoms with E-state index < -0.39 is 5.82 Å². The first-order valence-electron chi connectivity index (χ1n) is 9.31. The maximum Gasteiger partial charge on any atom is 0.254 e. The molecule has 2 aliphatic rings. The van der Waals surface area contributed by atoms with Gasteiger partial charge in [0.25, 0.3) is 5.88 Å². The molecule has 0 aromatic carbocycles. The van der Waals surface area contributed by atoms with Gasteiger partial charge in [0.1, 0.15) is 17.5 Å². The van der Waals surface area contributed by atoms with Crippen molar-refractivity contribution in [3.8, 4) is 5.88 Å². The number of nitrogens with zero attached hydrogens (tertiary/aromatic N) is 5. The van der Waals surface area contributed by atoms with Crippen molar-refractivity contribution in [1.82, 2.24) is 19.9 Å². The summed E-state index contributed by atoms with van der Waals surface area (Å²) in [7, 11) is 0. The van der Waals surface area contributed by atoms with E-state index in [2.05, 4.69) is 19.9 Å². The minimum Gasteiger partial charge on any atom is -0.475 e. The van der Waals surface area contributed by atoms with Crippen LogP contribution >= 0.6 is 0 Å². The van der Waals surface area contributed by atoms with E-state index >= 15 is 0 Å². The molecule has 2 aromatic rings. The Morgan fingerprint density at radius 3 is 2.62 bits per heavy atom. The van der Waals surface area contributed by atoms with Gasteiger partial charge in [0.2, 0.25) is 5.82 Å². The molecule has 26 heavy (non-hydrogen) atoms. The van der Waals surface area contributed by atoms with Crippen LogP contribution in [0, 0.1) is 25.6 Å². The first-order chi connectivity index (χ1) is 12.6. The minimum atomic E-state index is -0.457. The van der Waals surface area contributed by atoms with Crippen molar-refractivity contribution in [2.75, 3.05) is 24.6 Å². The maximum absolute atomic E-state index is 14.1. The van der Waals surface area contributed by atoms with Crippen LogP contribution in [-0.2, 0) is 0 Å². The molecule has 1 aliphatic carbocycles. The van der Waals surface area contributed by atoms with Crippen molar-refractivity contribution in [3.63, 3.8) is 0 Å². The SMILES string of the molecule is Cc1nc(C)c(F)c(OCC2CCN(c3ccnc(C4CC4)n3)CC2)n1. The molecule has 2 aromatic heterocycles. The van der Waals surface area contributed by atoms with Gasteiger partial charge in [-0.05, 0) is 51.5 Å². The highest BCUT2D eigenvalue weighted by atomic mass is 19.1. The Morgan fingerprint density at radius 1 is 1.12 bits per heavy atom. The van der Waals surface area contributed by atoms with E-state index in [1.807, 2.05) is 12.3 Å². The number of piperidine rings is 1. The predicted molar refractivity (Wildman–Crippen MR) is 95.9 cm³/mol. The average molecular weight is 357 g/mol. The van der Waals surface area contributed by atoms with Crippen molar-refractivity contribution in [2.45, 2.75) is 45.4 Å². The van der Waals surface area contributed by atoms with E-state index in [1.54, 1.807) is 13.8 Å². The Kier molecular flexibility index (Phi) is 4.70. The Balaban J connectivity index is 1.32. The fraction of sp³-hybridized carbons (Fsp3) is 0.579. The van der Waals surface area contributed by atoms with Crippen molar-refractivity contribution in [3.05, 3.63) is 35.4 Å². The normalized spacial score (nSPS) is 18.2. The van der Waals surface area contributed by atoms with Crippen LogP contribution < -0.4 is 9.64 Å². The topological polar surface area (TPSA) is 64.0 Å². The summed E-state index contributed by atoms with van der Waals surface area (Å²) in [6, 6.07) is 1.99. The molecule has 138 valence electrons. The Hall–Kier alpha value is -2.31. The van der Waals surface area contributed by atoms with Crippen molar-refractivity contribution in [2.24, 2.45) is 5.92 Å². The largest absolute Gasteiger partial charge is 0.475 e. The van der Waals surface area contributed by atoms with Crippen LogP contribution in [0.3, 0.4) is 0 Å². The molecule has 0 bridgehead atoms. The summed E-state index contributed by atoms with van der Waals surface area (Å²) >= 11 is 0. The third kappa shape index (κ3) is 3.76. The number of hydrogen-bond donors (Lipinski definition) is 0. The second-order valence-electron chi connectivity index (χ2n) is 7.26. The molecule has 0 spiro atoms. The van der Waals surface area contributed by atoms with Crippen LogP contribution in [0.25, 0.3) is 0 Å². The standard InChI is InChI=1S/C19H24FN5O/c1-12-17(20)19(23-13(2)22-12)26-11-14-6-9-25(10-7-14)16-5-8-21-18(24-16)15-3-4-15/h5,8,14-15H,3-4,6-7,9-11H2,1-2H3. The van der Waals surface area contributed by atoms with Crippen LogP contribution in [0.2, 0.25) is 0 Å². The number of anilines is 1. The van der Waals surface area contributed by atoms with Gasteiger partial charge in [0.15, 0.2) is 0 Å². The van der Waals surface area contributed by atoms with Crippen molar-refractivity contribution >= 4 is 5.82 Å². The van der Waals surface area contributed by atoms with Gasteiger partial charge in [-0.25, -0.2) is 15.0 Å². The van der Waals surface area contributed by atoms with Gasteiger partial charge in [-0.1, -0.05) is 0 Å². The highest BCUT2D eigenvalue weighted by molar-refractivity contribution is 5.38. The minimum absolute atomic E-state index is 0.0716. The fourth-order valence-corrected chi connectivity index (χ4v) is 3.37. The predicted octanol–water partition coefficient (Wildman–Crippen LogP) is 3.20. The van der Waals surface area contributed by atoms with Crippen LogP contribution in [0.4, 0.5) is 10.2 Å². The Labute approximate surface area is 152 Å². The van der Waals surface area contributed by atoms with E-state index in [0.29, 0.717) is 30.0 Å². The lowest BCUT2D eigenvalue weighted by atomic mass is 9.98. The number of aromatic nitrogens is 4. The molecule has 6 nitrogen and oxygen atoms in total. The first-order valence-corrected chi connectivity index (χ1v) is 9.31. The zero-order chi connectivity index (χ0) is 18.1. The van der Waals surface area contributed by atoms with Crippen molar-refractivity contribution in [1.29, 1.82) is 0 Å². The molecule has 3 heterocycles. The van der Waals surface area contributed by atoms with Gasteiger partial charge in [0.05, 0.1) is 12.3 Å². The van der Waals surface area contributed by atoms with Gasteiger partial charge >= 0.3 is 0 Å². The second kappa shape index (κ2) is 7.13. The molecular formula is C19H24FN5O. The van der Waals surface area contributed by atoms with Gasteiger partial charge < -0.3 is 9.64 Å². The van der Waals surface area contributed by atoms with E-state index in [1.165, 1.54) is 12.8 Å². The summed E-state index contributed by atoms with van der Waals surface area (Å²) in [6.45, 7) is 5.72. The van der Waals surface area contributed by atoms with Gasteiger partial charge in [-0.2, -0.15) is 9.37 Å². The summed E-state index contributed by atoms with van der Waals surface area (Å²) in [5, 5.41) is 0. The summed E-state index contributed by atoms with van der Waals surface area (Å²) < 4.78 is 19.7. The molecule has 4 rings (SSSR count). The van der Waals surface area contributed by atoms with E-state index in [-0.39, 0.29) is 5.88 Å². The molecule has 0 radical (unpaired) electrons. The molecule has 0 atom stereocenters. The number of hydrogen-bond acceptors (Lipinski definition) is 6. The van der Waals surface area contributed by atoms with E-state index in [4.69, 9.17) is 9.72 Å². The smallest absolute Gasteiger partial charge is 0.254 e. The van der Waals surface area contributed by atoms with E-state index in [0.717, 1.165) is 37.6 Å². The summed E-state index contributed by atoms with van der Waals surface area (Å²) in [5.41, 5.74) is 0.331. The molecule has 1 saturated heterocycles. The van der Waals surface area contributed by atoms with Gasteiger partial charge in [0, 0.05) is 25.2 Å². The molecular weight excluding hydrogens is 333 g/mol. The van der Waals surface area contributed by atoms with E-state index in [9.17, 15) is 4.39 Å².